The van der Waals surface area contributed by atoms with E-state index in [1.54, 1.807) is 16.8 Å². The van der Waals surface area contributed by atoms with Crippen molar-refractivity contribution in [2.45, 2.75) is 19.8 Å². The zero-order chi connectivity index (χ0) is 11.4. The lowest BCUT2D eigenvalue weighted by molar-refractivity contribution is -0.137. The molecule has 0 spiro atoms. The Morgan fingerprint density at radius 3 is 2.73 bits per heavy atom. The van der Waals surface area contributed by atoms with Gasteiger partial charge in [-0.25, -0.2) is 4.79 Å². The molecule has 5 heteroatoms. The molecule has 0 aromatic heterocycles. The zero-order valence-electron chi connectivity index (χ0n) is 9.27. The molecule has 1 aliphatic rings. The molecule has 2 amide bonds. The van der Waals surface area contributed by atoms with Crippen LogP contribution in [0.3, 0.4) is 0 Å². The van der Waals surface area contributed by atoms with Gasteiger partial charge in [0.25, 0.3) is 0 Å². The third-order valence-electron chi connectivity index (χ3n) is 2.76. The molecule has 0 aliphatic carbocycles. The predicted octanol–water partition coefficient (Wildman–Crippen LogP) is 0.855. The Labute approximate surface area is 89.7 Å². The van der Waals surface area contributed by atoms with Crippen LogP contribution in [0.1, 0.15) is 19.8 Å². The van der Waals surface area contributed by atoms with E-state index < -0.39 is 5.97 Å². The molecule has 0 saturated carbocycles. The van der Waals surface area contributed by atoms with Gasteiger partial charge in [0, 0.05) is 33.1 Å². The summed E-state index contributed by atoms with van der Waals surface area (Å²) < 4.78 is 0. The second-order valence-corrected chi connectivity index (χ2v) is 4.00. The van der Waals surface area contributed by atoms with E-state index in [9.17, 15) is 9.59 Å². The van der Waals surface area contributed by atoms with E-state index in [-0.39, 0.29) is 18.4 Å². The van der Waals surface area contributed by atoms with Gasteiger partial charge in [0.05, 0.1) is 0 Å². The molecule has 1 rings (SSSR count). The minimum absolute atomic E-state index is 0.0454. The molecule has 0 aromatic carbocycles. The second-order valence-electron chi connectivity index (χ2n) is 4.00. The van der Waals surface area contributed by atoms with Gasteiger partial charge in [-0.15, -0.1) is 0 Å². The first-order valence-electron chi connectivity index (χ1n) is 5.26. The lowest BCUT2D eigenvalue weighted by Gasteiger charge is -2.37. The first-order chi connectivity index (χ1) is 7.04. The third-order valence-corrected chi connectivity index (χ3v) is 2.76. The van der Waals surface area contributed by atoms with Gasteiger partial charge in [0.2, 0.25) is 0 Å². The maximum absolute atomic E-state index is 11.6. The summed E-state index contributed by atoms with van der Waals surface area (Å²) in [5, 5.41) is 8.59. The number of carbonyl (C=O) groups is 2. The van der Waals surface area contributed by atoms with Crippen LogP contribution < -0.4 is 0 Å². The number of rotatable bonds is 4. The molecular formula is C10H18N2O3. The van der Waals surface area contributed by atoms with E-state index in [4.69, 9.17) is 5.11 Å². The van der Waals surface area contributed by atoms with Crippen molar-refractivity contribution in [3.05, 3.63) is 0 Å². The molecule has 1 N–H and O–H groups in total. The van der Waals surface area contributed by atoms with Gasteiger partial charge in [0.15, 0.2) is 0 Å². The Morgan fingerprint density at radius 1 is 1.53 bits per heavy atom. The summed E-state index contributed by atoms with van der Waals surface area (Å²) in [6.45, 7) is 3.98. The van der Waals surface area contributed by atoms with Gasteiger partial charge >= 0.3 is 12.0 Å². The standard InChI is InChI=1S/C10H18N2O3/c1-3-12-7-8(4-5-9(13)14)6-11(2)10(12)15/h8H,3-7H2,1-2H3,(H,13,14). The topological polar surface area (TPSA) is 60.9 Å². The summed E-state index contributed by atoms with van der Waals surface area (Å²) in [6, 6.07) is 0.0454. The molecule has 1 atom stereocenters. The average molecular weight is 214 g/mol. The molecule has 1 heterocycles. The van der Waals surface area contributed by atoms with Crippen molar-refractivity contribution >= 4 is 12.0 Å². The zero-order valence-corrected chi connectivity index (χ0v) is 9.27. The molecule has 1 saturated heterocycles. The van der Waals surface area contributed by atoms with Gasteiger partial charge in [-0.1, -0.05) is 0 Å². The van der Waals surface area contributed by atoms with E-state index in [1.807, 2.05) is 6.92 Å². The molecule has 86 valence electrons. The Kier molecular flexibility index (Phi) is 3.94. The minimum Gasteiger partial charge on any atom is -0.481 e. The Bertz CT molecular complexity index is 255. The molecule has 1 unspecified atom stereocenters. The molecule has 5 nitrogen and oxygen atoms in total. The molecule has 1 fully saturated rings. The summed E-state index contributed by atoms with van der Waals surface area (Å²) in [7, 11) is 1.76. The number of hydrogen-bond donors (Lipinski definition) is 1. The van der Waals surface area contributed by atoms with Crippen LogP contribution in [0, 0.1) is 5.92 Å². The highest BCUT2D eigenvalue weighted by atomic mass is 16.4. The molecule has 1 aliphatic heterocycles. The number of carboxylic acids is 1. The predicted molar refractivity (Wildman–Crippen MR) is 55.6 cm³/mol. The van der Waals surface area contributed by atoms with Gasteiger partial charge in [-0.2, -0.15) is 0 Å². The van der Waals surface area contributed by atoms with Crippen LogP contribution in [-0.2, 0) is 4.79 Å². The lowest BCUT2D eigenvalue weighted by atomic mass is 10.00. The molecule has 0 radical (unpaired) electrons. The van der Waals surface area contributed by atoms with Crippen molar-refractivity contribution in [2.75, 3.05) is 26.7 Å². The van der Waals surface area contributed by atoms with Crippen LogP contribution in [0.15, 0.2) is 0 Å². The van der Waals surface area contributed by atoms with Crippen molar-refractivity contribution in [2.24, 2.45) is 5.92 Å². The molecule has 15 heavy (non-hydrogen) atoms. The van der Waals surface area contributed by atoms with Crippen molar-refractivity contribution in [1.82, 2.24) is 9.80 Å². The second kappa shape index (κ2) is 5.00. The van der Waals surface area contributed by atoms with Crippen LogP contribution in [0.5, 0.6) is 0 Å². The minimum atomic E-state index is -0.766. The number of nitrogens with zero attached hydrogens (tertiary/aromatic N) is 2. The number of hydrogen-bond acceptors (Lipinski definition) is 2. The average Bonchev–Trinajstić information content (AvgIpc) is 2.19. The maximum Gasteiger partial charge on any atom is 0.319 e. The molecule has 0 bridgehead atoms. The lowest BCUT2D eigenvalue weighted by Crippen LogP contribution is -2.51. The monoisotopic (exact) mass is 214 g/mol. The summed E-state index contributed by atoms with van der Waals surface area (Å²) in [6.07, 6.45) is 0.827. The van der Waals surface area contributed by atoms with Crippen LogP contribution >= 0.6 is 0 Å². The number of aliphatic carboxylic acids is 1. The van der Waals surface area contributed by atoms with Gasteiger partial charge in [-0.05, 0) is 19.3 Å². The fourth-order valence-corrected chi connectivity index (χ4v) is 1.93. The summed E-state index contributed by atoms with van der Waals surface area (Å²) in [5.41, 5.74) is 0. The van der Waals surface area contributed by atoms with Crippen molar-refractivity contribution in [1.29, 1.82) is 0 Å². The van der Waals surface area contributed by atoms with E-state index >= 15 is 0 Å². The quantitative estimate of drug-likeness (QED) is 0.754. The maximum atomic E-state index is 11.6. The third kappa shape index (κ3) is 3.11. The normalized spacial score (nSPS) is 22.0. The van der Waals surface area contributed by atoms with Crippen LogP contribution in [0.25, 0.3) is 0 Å². The largest absolute Gasteiger partial charge is 0.481 e. The fraction of sp³-hybridized carbons (Fsp3) is 0.800. The number of carbonyl (C=O) groups excluding carboxylic acids is 1. The van der Waals surface area contributed by atoms with E-state index in [0.29, 0.717) is 26.1 Å². The van der Waals surface area contributed by atoms with Gasteiger partial charge < -0.3 is 14.9 Å². The summed E-state index contributed by atoms with van der Waals surface area (Å²) in [4.78, 5) is 25.4. The number of urea groups is 1. The fourth-order valence-electron chi connectivity index (χ4n) is 1.93. The molecule has 0 aromatic rings. The van der Waals surface area contributed by atoms with E-state index in [2.05, 4.69) is 0 Å². The Morgan fingerprint density at radius 2 is 2.20 bits per heavy atom. The SMILES string of the molecule is CCN1CC(CCC(=O)O)CN(C)C1=O. The first-order valence-corrected chi connectivity index (χ1v) is 5.26. The highest BCUT2D eigenvalue weighted by molar-refractivity contribution is 5.75. The van der Waals surface area contributed by atoms with Gasteiger partial charge in [0.1, 0.15) is 0 Å². The van der Waals surface area contributed by atoms with Crippen molar-refractivity contribution in [3.8, 4) is 0 Å². The first kappa shape index (κ1) is 11.8. The number of carboxylic acid groups (broad SMARTS) is 1. The van der Waals surface area contributed by atoms with Crippen LogP contribution in [-0.4, -0.2) is 53.6 Å². The molecular weight excluding hydrogens is 196 g/mol. The highest BCUT2D eigenvalue weighted by Gasteiger charge is 2.28. The highest BCUT2D eigenvalue weighted by Crippen LogP contribution is 2.17. The van der Waals surface area contributed by atoms with Crippen LogP contribution in [0.4, 0.5) is 4.79 Å². The van der Waals surface area contributed by atoms with Gasteiger partial charge in [-0.3, -0.25) is 4.79 Å². The summed E-state index contributed by atoms with van der Waals surface area (Å²) in [5.74, 6) is -0.485. The Balaban J connectivity index is 2.48. The Hall–Kier alpha value is -1.26. The van der Waals surface area contributed by atoms with Crippen molar-refractivity contribution in [3.63, 3.8) is 0 Å². The van der Waals surface area contributed by atoms with Crippen molar-refractivity contribution < 1.29 is 14.7 Å². The summed E-state index contributed by atoms with van der Waals surface area (Å²) >= 11 is 0. The van der Waals surface area contributed by atoms with Crippen LogP contribution in [0.2, 0.25) is 0 Å². The van der Waals surface area contributed by atoms with E-state index in [1.165, 1.54) is 0 Å². The smallest absolute Gasteiger partial charge is 0.319 e. The van der Waals surface area contributed by atoms with E-state index in [0.717, 1.165) is 0 Å². The number of amides is 2.